The molecule has 0 unspecified atom stereocenters. The van der Waals surface area contributed by atoms with E-state index in [1.54, 1.807) is 4.57 Å². The maximum Gasteiger partial charge on any atom is 0.215 e. The van der Waals surface area contributed by atoms with E-state index < -0.39 is 0 Å². The van der Waals surface area contributed by atoms with Gasteiger partial charge in [0.1, 0.15) is 0 Å². The van der Waals surface area contributed by atoms with E-state index in [1.807, 2.05) is 50.3 Å². The van der Waals surface area contributed by atoms with Crippen LogP contribution in [-0.2, 0) is 0 Å². The van der Waals surface area contributed by atoms with Gasteiger partial charge in [-0.3, -0.25) is 9.56 Å². The Labute approximate surface area is 161 Å². The van der Waals surface area contributed by atoms with Gasteiger partial charge in [0, 0.05) is 16.8 Å². The first-order valence-electron chi connectivity index (χ1n) is 8.35. The van der Waals surface area contributed by atoms with Gasteiger partial charge < -0.3 is 5.11 Å². The van der Waals surface area contributed by atoms with Crippen molar-refractivity contribution in [1.82, 2.24) is 4.57 Å². The van der Waals surface area contributed by atoms with Crippen molar-refractivity contribution >= 4 is 46.6 Å². The Hall–Kier alpha value is -2.50. The molecule has 130 valence electrons. The third kappa shape index (κ3) is 2.73. The molecule has 0 bridgehead atoms. The minimum absolute atomic E-state index is 0.177. The lowest BCUT2D eigenvalue weighted by molar-refractivity contribution is 0.441. The van der Waals surface area contributed by atoms with Gasteiger partial charge in [0.05, 0.1) is 16.3 Å². The van der Waals surface area contributed by atoms with Crippen LogP contribution in [0.4, 0.5) is 5.69 Å². The van der Waals surface area contributed by atoms with Crippen molar-refractivity contribution < 1.29 is 5.11 Å². The summed E-state index contributed by atoms with van der Waals surface area (Å²) in [5, 5.41) is 10.9. The molecule has 1 aliphatic heterocycles. The molecule has 5 heteroatoms. The number of thiazole rings is 1. The zero-order valence-corrected chi connectivity index (χ0v) is 16.4. The van der Waals surface area contributed by atoms with Crippen LogP contribution < -0.4 is 0 Å². The molecule has 0 fully saturated rings. The van der Waals surface area contributed by atoms with Crippen LogP contribution in [0.3, 0.4) is 0 Å². The fraction of sp³-hybridized carbons (Fsp3) is 0.143. The lowest BCUT2D eigenvalue weighted by atomic mass is 10.0. The van der Waals surface area contributed by atoms with Gasteiger partial charge in [-0.05, 0) is 62.8 Å². The number of para-hydroxylation sites is 1. The summed E-state index contributed by atoms with van der Waals surface area (Å²) in [6.45, 7) is 6.08. The molecule has 0 saturated carbocycles. The number of aryl methyl sites for hydroxylation is 2. The van der Waals surface area contributed by atoms with Gasteiger partial charge in [0.15, 0.2) is 3.95 Å². The highest BCUT2D eigenvalue weighted by atomic mass is 32.1. The van der Waals surface area contributed by atoms with E-state index >= 15 is 0 Å². The van der Waals surface area contributed by atoms with Gasteiger partial charge in [-0.25, -0.2) is 0 Å². The van der Waals surface area contributed by atoms with E-state index in [1.165, 1.54) is 16.9 Å². The van der Waals surface area contributed by atoms with Crippen molar-refractivity contribution in [2.75, 3.05) is 0 Å². The maximum absolute atomic E-state index is 10.9. The Morgan fingerprint density at radius 2 is 1.88 bits per heavy atom. The van der Waals surface area contributed by atoms with E-state index in [4.69, 9.17) is 12.2 Å². The van der Waals surface area contributed by atoms with E-state index in [-0.39, 0.29) is 5.88 Å². The van der Waals surface area contributed by atoms with Crippen molar-refractivity contribution in [3.63, 3.8) is 0 Å². The number of nitrogens with zero attached hydrogens (tertiary/aromatic N) is 2. The molecule has 0 atom stereocenters. The molecule has 3 nitrogen and oxygen atoms in total. The Balaban J connectivity index is 1.87. The van der Waals surface area contributed by atoms with E-state index in [9.17, 15) is 5.11 Å². The molecule has 1 aliphatic rings. The largest absolute Gasteiger partial charge is 0.493 e. The number of hydrogen-bond acceptors (Lipinski definition) is 4. The highest BCUT2D eigenvalue weighted by Crippen LogP contribution is 2.39. The predicted molar refractivity (Wildman–Crippen MR) is 113 cm³/mol. The van der Waals surface area contributed by atoms with Crippen molar-refractivity contribution in [1.29, 1.82) is 0 Å². The molecule has 1 aromatic heterocycles. The second-order valence-electron chi connectivity index (χ2n) is 6.45. The van der Waals surface area contributed by atoms with Crippen molar-refractivity contribution in [2.45, 2.75) is 20.8 Å². The van der Waals surface area contributed by atoms with Crippen LogP contribution in [0.1, 0.15) is 28.5 Å². The van der Waals surface area contributed by atoms with Gasteiger partial charge in [0.2, 0.25) is 5.88 Å². The summed E-state index contributed by atoms with van der Waals surface area (Å²) in [7, 11) is 0. The minimum Gasteiger partial charge on any atom is -0.493 e. The van der Waals surface area contributed by atoms with E-state index in [2.05, 4.69) is 24.0 Å². The number of fused-ring (bicyclic) bond motifs is 1. The number of aromatic nitrogens is 1. The van der Waals surface area contributed by atoms with Crippen LogP contribution >= 0.6 is 23.6 Å². The van der Waals surface area contributed by atoms with Gasteiger partial charge in [-0.1, -0.05) is 29.8 Å². The number of rotatable bonds is 2. The molecular weight excluding hydrogens is 360 g/mol. The molecular formula is C21H18N2OS2. The first kappa shape index (κ1) is 16.9. The highest BCUT2D eigenvalue weighted by Gasteiger charge is 2.20. The van der Waals surface area contributed by atoms with Gasteiger partial charge in [0.25, 0.3) is 0 Å². The smallest absolute Gasteiger partial charge is 0.215 e. The molecule has 2 heterocycles. The average Bonchev–Trinajstić information content (AvgIpc) is 3.05. The number of hydrogen-bond donors (Lipinski definition) is 1. The molecule has 3 aromatic rings. The van der Waals surface area contributed by atoms with Crippen molar-refractivity contribution in [3.8, 4) is 11.6 Å². The average molecular weight is 379 g/mol. The number of aromatic hydroxyl groups is 1. The Kier molecular flexibility index (Phi) is 4.13. The standard InChI is InChI=1S/C21H18N2OS2/c1-12-8-9-17-16(10-12)15(14(3)22-17)11-19-20(24)23(21(25)26-19)18-7-5-4-6-13(18)2/h4-11,24H,1-3H3. The van der Waals surface area contributed by atoms with Crippen LogP contribution in [0.5, 0.6) is 5.88 Å². The SMILES string of the molecule is CC1=Nc2ccc(C)cc2C1=Cc1sc(=S)n(-c2ccccc2C)c1O. The van der Waals surface area contributed by atoms with Crippen LogP contribution in [0, 0.1) is 17.8 Å². The van der Waals surface area contributed by atoms with Crippen molar-refractivity contribution in [3.05, 3.63) is 68.0 Å². The molecule has 2 aromatic carbocycles. The summed E-state index contributed by atoms with van der Waals surface area (Å²) in [4.78, 5) is 5.39. The molecule has 1 N–H and O–H groups in total. The van der Waals surface area contributed by atoms with Crippen LogP contribution in [-0.4, -0.2) is 15.4 Å². The summed E-state index contributed by atoms with van der Waals surface area (Å²) in [5.74, 6) is 0.177. The third-order valence-electron chi connectivity index (χ3n) is 4.56. The fourth-order valence-corrected chi connectivity index (χ4v) is 4.49. The molecule has 0 aliphatic carbocycles. The topological polar surface area (TPSA) is 37.5 Å². The summed E-state index contributed by atoms with van der Waals surface area (Å²) in [5.41, 5.74) is 7.22. The highest BCUT2D eigenvalue weighted by molar-refractivity contribution is 7.73. The third-order valence-corrected chi connectivity index (χ3v) is 5.87. The quantitative estimate of drug-likeness (QED) is 0.536. The van der Waals surface area contributed by atoms with Crippen LogP contribution in [0.2, 0.25) is 0 Å². The normalized spacial score (nSPS) is 14.6. The Bertz CT molecular complexity index is 1150. The summed E-state index contributed by atoms with van der Waals surface area (Å²) >= 11 is 6.94. The van der Waals surface area contributed by atoms with Crippen LogP contribution in [0.15, 0.2) is 47.5 Å². The Morgan fingerprint density at radius 3 is 2.65 bits per heavy atom. The fourth-order valence-electron chi connectivity index (χ4n) is 3.21. The monoisotopic (exact) mass is 378 g/mol. The zero-order chi connectivity index (χ0) is 18.4. The summed E-state index contributed by atoms with van der Waals surface area (Å²) in [6, 6.07) is 14.1. The predicted octanol–water partition coefficient (Wildman–Crippen LogP) is 6.24. The van der Waals surface area contributed by atoms with E-state index in [0.717, 1.165) is 38.7 Å². The number of aliphatic imine (C=N–C) groups is 1. The molecule has 0 saturated heterocycles. The lowest BCUT2D eigenvalue weighted by Gasteiger charge is -2.08. The molecule has 4 rings (SSSR count). The maximum atomic E-state index is 10.9. The molecule has 26 heavy (non-hydrogen) atoms. The minimum atomic E-state index is 0.177. The zero-order valence-electron chi connectivity index (χ0n) is 14.8. The van der Waals surface area contributed by atoms with Crippen molar-refractivity contribution in [2.24, 2.45) is 4.99 Å². The first-order chi connectivity index (χ1) is 12.5. The molecule has 0 radical (unpaired) electrons. The van der Waals surface area contributed by atoms with Gasteiger partial charge in [-0.2, -0.15) is 0 Å². The summed E-state index contributed by atoms with van der Waals surface area (Å²) < 4.78 is 2.36. The molecule has 0 spiro atoms. The number of benzene rings is 2. The number of allylic oxidation sites excluding steroid dienone is 1. The second-order valence-corrected chi connectivity index (χ2v) is 8.13. The molecule has 0 amide bonds. The summed E-state index contributed by atoms with van der Waals surface area (Å²) in [6.07, 6.45) is 1.99. The second kappa shape index (κ2) is 6.34. The lowest BCUT2D eigenvalue weighted by Crippen LogP contribution is -1.96. The first-order valence-corrected chi connectivity index (χ1v) is 9.57. The van der Waals surface area contributed by atoms with Gasteiger partial charge in [-0.15, -0.1) is 11.3 Å². The van der Waals surface area contributed by atoms with Gasteiger partial charge >= 0.3 is 0 Å². The van der Waals surface area contributed by atoms with E-state index in [0.29, 0.717) is 3.95 Å². The van der Waals surface area contributed by atoms with Crippen LogP contribution in [0.25, 0.3) is 17.3 Å². The Morgan fingerprint density at radius 1 is 1.12 bits per heavy atom.